The second-order valence-electron chi connectivity index (χ2n) is 4.74. The number of hydrogen-bond acceptors (Lipinski definition) is 4. The number of aliphatic hydroxyl groups is 1. The summed E-state index contributed by atoms with van der Waals surface area (Å²) in [6, 6.07) is 6.62. The Bertz CT molecular complexity index is 491. The molecule has 0 aromatic heterocycles. The number of amides is 1. The number of rotatable bonds is 9. The highest BCUT2D eigenvalue weighted by Gasteiger charge is 2.17. The topological polar surface area (TPSA) is 75.6 Å². The van der Waals surface area contributed by atoms with E-state index < -0.39 is 25.0 Å². The number of carbonyl (C=O) groups excluding carboxylic acids is 2. The molecule has 0 fully saturated rings. The minimum atomic E-state index is -2.87. The lowest BCUT2D eigenvalue weighted by atomic mass is 10.1. The molecular formula is C15H19F2NO4. The van der Waals surface area contributed by atoms with Crippen LogP contribution in [-0.4, -0.2) is 42.5 Å². The highest BCUT2D eigenvalue weighted by molar-refractivity contribution is 5.94. The molecule has 7 heteroatoms. The summed E-state index contributed by atoms with van der Waals surface area (Å²) in [5.41, 5.74) is 0.587. The van der Waals surface area contributed by atoms with E-state index >= 15 is 0 Å². The van der Waals surface area contributed by atoms with Crippen LogP contribution in [0.5, 0.6) is 5.75 Å². The molecule has 0 aliphatic rings. The van der Waals surface area contributed by atoms with Crippen molar-refractivity contribution in [3.63, 3.8) is 0 Å². The van der Waals surface area contributed by atoms with E-state index in [1.54, 1.807) is 24.3 Å². The van der Waals surface area contributed by atoms with Crippen molar-refractivity contribution in [2.45, 2.75) is 32.3 Å². The number of hydrogen-bond donors (Lipinski definition) is 2. The normalized spacial score (nSPS) is 12.0. The Morgan fingerprint density at radius 1 is 1.27 bits per heavy atom. The average Bonchev–Trinajstić information content (AvgIpc) is 2.49. The van der Waals surface area contributed by atoms with Gasteiger partial charge < -0.3 is 15.2 Å². The molecule has 122 valence electrons. The van der Waals surface area contributed by atoms with Crippen molar-refractivity contribution < 1.29 is 28.2 Å². The van der Waals surface area contributed by atoms with Crippen LogP contribution in [0.15, 0.2) is 24.3 Å². The van der Waals surface area contributed by atoms with E-state index in [9.17, 15) is 18.4 Å². The number of ether oxygens (including phenoxy) is 1. The molecule has 0 aliphatic carbocycles. The molecular weight excluding hydrogens is 296 g/mol. The van der Waals surface area contributed by atoms with Gasteiger partial charge in [0.25, 0.3) is 6.43 Å². The lowest BCUT2D eigenvalue weighted by Crippen LogP contribution is -2.35. The Kier molecular flexibility index (Phi) is 7.45. The van der Waals surface area contributed by atoms with Gasteiger partial charge in [0.1, 0.15) is 11.9 Å². The summed E-state index contributed by atoms with van der Waals surface area (Å²) < 4.78 is 29.4. The van der Waals surface area contributed by atoms with Gasteiger partial charge >= 0.3 is 0 Å². The number of carbonyl (C=O) groups is 2. The summed E-state index contributed by atoms with van der Waals surface area (Å²) in [6.45, 7) is 1.29. The molecule has 0 heterocycles. The minimum absolute atomic E-state index is 0.0331. The van der Waals surface area contributed by atoms with Crippen LogP contribution in [-0.2, 0) is 4.79 Å². The minimum Gasteiger partial charge on any atom is -0.494 e. The number of aliphatic hydroxyl groups excluding tert-OH is 1. The van der Waals surface area contributed by atoms with Crippen LogP contribution in [0.25, 0.3) is 0 Å². The number of nitrogens with one attached hydrogen (secondary N) is 1. The van der Waals surface area contributed by atoms with Crippen LogP contribution in [0, 0.1) is 0 Å². The molecule has 0 spiro atoms. The lowest BCUT2D eigenvalue weighted by Gasteiger charge is -2.11. The second kappa shape index (κ2) is 9.09. The van der Waals surface area contributed by atoms with Gasteiger partial charge in [0, 0.05) is 18.5 Å². The van der Waals surface area contributed by atoms with Crippen molar-refractivity contribution >= 4 is 11.7 Å². The van der Waals surface area contributed by atoms with E-state index in [1.807, 2.05) is 0 Å². The van der Waals surface area contributed by atoms with Crippen LogP contribution in [0.4, 0.5) is 8.78 Å². The molecule has 0 radical (unpaired) electrons. The second-order valence-corrected chi connectivity index (χ2v) is 4.74. The highest BCUT2D eigenvalue weighted by atomic mass is 19.3. The molecule has 1 aromatic rings. The summed E-state index contributed by atoms with van der Waals surface area (Å²) in [7, 11) is 0. The predicted molar refractivity (Wildman–Crippen MR) is 76.2 cm³/mol. The Hall–Kier alpha value is -2.02. The molecule has 1 atom stereocenters. The van der Waals surface area contributed by atoms with Crippen LogP contribution >= 0.6 is 0 Å². The molecule has 0 saturated carbocycles. The first kappa shape index (κ1) is 18.0. The Labute approximate surface area is 127 Å². The van der Waals surface area contributed by atoms with Crippen molar-refractivity contribution in [1.82, 2.24) is 5.32 Å². The van der Waals surface area contributed by atoms with Gasteiger partial charge in [-0.25, -0.2) is 8.78 Å². The van der Waals surface area contributed by atoms with Crippen LogP contribution in [0.2, 0.25) is 0 Å². The quantitative estimate of drug-likeness (QED) is 0.538. The molecule has 0 aliphatic heterocycles. The maximum absolute atomic E-state index is 12.0. The zero-order chi connectivity index (χ0) is 16.5. The number of benzene rings is 1. The molecule has 2 N–H and O–H groups in total. The molecule has 22 heavy (non-hydrogen) atoms. The Morgan fingerprint density at radius 3 is 2.45 bits per heavy atom. The number of Topliss-reactive ketones (excluding diaryl/α,β-unsaturated/α-hetero) is 1. The van der Waals surface area contributed by atoms with Gasteiger partial charge in [-0.05, 0) is 37.6 Å². The fraction of sp³-hybridized carbons (Fsp3) is 0.467. The molecule has 0 bridgehead atoms. The van der Waals surface area contributed by atoms with E-state index in [0.29, 0.717) is 17.7 Å². The third kappa shape index (κ3) is 6.62. The largest absolute Gasteiger partial charge is 0.494 e. The average molecular weight is 315 g/mol. The lowest BCUT2D eigenvalue weighted by molar-refractivity contribution is -0.122. The van der Waals surface area contributed by atoms with Crippen molar-refractivity contribution in [3.8, 4) is 5.75 Å². The first-order valence-corrected chi connectivity index (χ1v) is 6.87. The van der Waals surface area contributed by atoms with E-state index in [1.165, 1.54) is 6.92 Å². The van der Waals surface area contributed by atoms with Gasteiger partial charge in [-0.3, -0.25) is 9.59 Å². The standard InChI is InChI=1S/C15H19F2NO4/c1-10(19)11-4-6-12(7-5-11)22-8-2-3-14(21)18-9-13(20)15(16)17/h4-7,13,15,20H,2-3,8-9H2,1H3,(H,18,21). The maximum atomic E-state index is 12.0. The summed E-state index contributed by atoms with van der Waals surface area (Å²) in [5.74, 6) is 0.128. The summed E-state index contributed by atoms with van der Waals surface area (Å²) in [6.07, 6.45) is -4.20. The fourth-order valence-electron chi connectivity index (χ4n) is 1.60. The first-order valence-electron chi connectivity index (χ1n) is 6.87. The van der Waals surface area contributed by atoms with Crippen LogP contribution in [0.3, 0.4) is 0 Å². The molecule has 0 saturated heterocycles. The first-order chi connectivity index (χ1) is 10.4. The maximum Gasteiger partial charge on any atom is 0.265 e. The van der Waals surface area contributed by atoms with E-state index in [0.717, 1.165) is 0 Å². The number of alkyl halides is 2. The molecule has 1 aromatic carbocycles. The number of halogens is 2. The van der Waals surface area contributed by atoms with Crippen molar-refractivity contribution in [2.24, 2.45) is 0 Å². The SMILES string of the molecule is CC(=O)c1ccc(OCCCC(=O)NCC(O)C(F)F)cc1. The van der Waals surface area contributed by atoms with Crippen LogP contribution in [0.1, 0.15) is 30.1 Å². The zero-order valence-corrected chi connectivity index (χ0v) is 12.2. The molecule has 1 rings (SSSR count). The highest BCUT2D eigenvalue weighted by Crippen LogP contribution is 2.13. The molecule has 1 amide bonds. The van der Waals surface area contributed by atoms with E-state index in [4.69, 9.17) is 9.84 Å². The third-order valence-corrected chi connectivity index (χ3v) is 2.88. The summed E-state index contributed by atoms with van der Waals surface area (Å²) >= 11 is 0. The van der Waals surface area contributed by atoms with Gasteiger partial charge in [-0.15, -0.1) is 0 Å². The molecule has 1 unspecified atom stereocenters. The van der Waals surface area contributed by atoms with E-state index in [2.05, 4.69) is 5.32 Å². The summed E-state index contributed by atoms with van der Waals surface area (Å²) in [4.78, 5) is 22.4. The zero-order valence-electron chi connectivity index (χ0n) is 12.2. The van der Waals surface area contributed by atoms with Gasteiger partial charge in [0.05, 0.1) is 6.61 Å². The van der Waals surface area contributed by atoms with Crippen molar-refractivity contribution in [2.75, 3.05) is 13.2 Å². The number of ketones is 1. The monoisotopic (exact) mass is 315 g/mol. The third-order valence-electron chi connectivity index (χ3n) is 2.88. The summed E-state index contributed by atoms with van der Waals surface area (Å²) in [5, 5.41) is 11.1. The van der Waals surface area contributed by atoms with Crippen molar-refractivity contribution in [1.29, 1.82) is 0 Å². The Morgan fingerprint density at radius 2 is 1.91 bits per heavy atom. The van der Waals surface area contributed by atoms with Gasteiger partial charge in [0.15, 0.2) is 5.78 Å². The molecule has 5 nitrogen and oxygen atoms in total. The van der Waals surface area contributed by atoms with Gasteiger partial charge in [-0.1, -0.05) is 0 Å². The van der Waals surface area contributed by atoms with Crippen LogP contribution < -0.4 is 10.1 Å². The van der Waals surface area contributed by atoms with Gasteiger partial charge in [-0.2, -0.15) is 0 Å². The predicted octanol–water partition coefficient (Wildman–Crippen LogP) is 1.79. The Balaban J connectivity index is 2.19. The smallest absolute Gasteiger partial charge is 0.265 e. The fourth-order valence-corrected chi connectivity index (χ4v) is 1.60. The van der Waals surface area contributed by atoms with Gasteiger partial charge in [0.2, 0.25) is 5.91 Å². The van der Waals surface area contributed by atoms with Crippen molar-refractivity contribution in [3.05, 3.63) is 29.8 Å². The van der Waals surface area contributed by atoms with E-state index in [-0.39, 0.29) is 18.8 Å².